The van der Waals surface area contributed by atoms with Crippen molar-refractivity contribution in [3.63, 3.8) is 0 Å². The van der Waals surface area contributed by atoms with Crippen molar-refractivity contribution in [3.8, 4) is 0 Å². The average molecular weight is 395 g/mol. The molecule has 2 aromatic carbocycles. The molecule has 0 bridgehead atoms. The fourth-order valence-corrected chi connectivity index (χ4v) is 3.93. The zero-order valence-electron chi connectivity index (χ0n) is 15.1. The van der Waals surface area contributed by atoms with Crippen LogP contribution >= 0.6 is 11.6 Å². The summed E-state index contributed by atoms with van der Waals surface area (Å²) >= 11 is 5.85. The van der Waals surface area contributed by atoms with Crippen molar-refractivity contribution in [2.45, 2.75) is 32.9 Å². The lowest BCUT2D eigenvalue weighted by Gasteiger charge is -2.28. The van der Waals surface area contributed by atoms with Gasteiger partial charge in [0.25, 0.3) is 0 Å². The molecule has 140 valence electrons. The van der Waals surface area contributed by atoms with Crippen LogP contribution in [-0.4, -0.2) is 26.6 Å². The van der Waals surface area contributed by atoms with Crippen LogP contribution in [-0.2, 0) is 27.8 Å². The van der Waals surface area contributed by atoms with Crippen molar-refractivity contribution in [2.75, 3.05) is 10.6 Å². The summed E-state index contributed by atoms with van der Waals surface area (Å²) in [6.45, 7) is 3.90. The standard InChI is InChI=1S/C19H23ClN2O3S/c1-4-15-7-11-18(12-8-15)22(26(3,24)25)14(2)19(23)21-13-16-5-9-17(20)10-6-16/h5-12,14H,4,13H2,1-3H3,(H,21,23). The van der Waals surface area contributed by atoms with Crippen LogP contribution in [0, 0.1) is 0 Å². The number of hydrogen-bond acceptors (Lipinski definition) is 3. The number of halogens is 1. The highest BCUT2D eigenvalue weighted by molar-refractivity contribution is 7.92. The number of amides is 1. The van der Waals surface area contributed by atoms with Crippen LogP contribution in [0.2, 0.25) is 5.02 Å². The van der Waals surface area contributed by atoms with Gasteiger partial charge in [-0.2, -0.15) is 0 Å². The van der Waals surface area contributed by atoms with Crippen molar-refractivity contribution in [1.29, 1.82) is 0 Å². The molecule has 1 unspecified atom stereocenters. The highest BCUT2D eigenvalue weighted by Gasteiger charge is 2.28. The molecular formula is C19H23ClN2O3S. The van der Waals surface area contributed by atoms with Gasteiger partial charge in [-0.05, 0) is 48.7 Å². The second kappa shape index (κ2) is 8.56. The normalized spacial score (nSPS) is 12.5. The molecule has 0 saturated heterocycles. The fraction of sp³-hybridized carbons (Fsp3) is 0.316. The number of anilines is 1. The van der Waals surface area contributed by atoms with Gasteiger partial charge in [0.2, 0.25) is 15.9 Å². The summed E-state index contributed by atoms with van der Waals surface area (Å²) in [6.07, 6.45) is 1.96. The van der Waals surface area contributed by atoms with Crippen molar-refractivity contribution in [1.82, 2.24) is 5.32 Å². The fourth-order valence-electron chi connectivity index (χ4n) is 2.63. The van der Waals surface area contributed by atoms with Gasteiger partial charge < -0.3 is 5.32 Å². The van der Waals surface area contributed by atoms with Crippen LogP contribution in [0.15, 0.2) is 48.5 Å². The van der Waals surface area contributed by atoms with Gasteiger partial charge in [-0.25, -0.2) is 8.42 Å². The molecule has 5 nitrogen and oxygen atoms in total. The van der Waals surface area contributed by atoms with E-state index < -0.39 is 16.1 Å². The number of sulfonamides is 1. The third-order valence-electron chi connectivity index (χ3n) is 4.07. The summed E-state index contributed by atoms with van der Waals surface area (Å²) in [7, 11) is -3.62. The Morgan fingerprint density at radius 1 is 1.08 bits per heavy atom. The summed E-state index contributed by atoms with van der Waals surface area (Å²) in [6, 6.07) is 13.4. The lowest BCUT2D eigenvalue weighted by molar-refractivity contribution is -0.122. The molecule has 1 amide bonds. The van der Waals surface area contributed by atoms with Gasteiger partial charge in [0.15, 0.2) is 0 Å². The number of benzene rings is 2. The largest absolute Gasteiger partial charge is 0.350 e. The summed E-state index contributed by atoms with van der Waals surface area (Å²) in [5.74, 6) is -0.370. The maximum absolute atomic E-state index is 12.5. The Hall–Kier alpha value is -2.05. The predicted octanol–water partition coefficient (Wildman–Crippen LogP) is 3.37. The Kier molecular flexibility index (Phi) is 6.67. The van der Waals surface area contributed by atoms with E-state index in [1.807, 2.05) is 31.2 Å². The van der Waals surface area contributed by atoms with Crippen molar-refractivity contribution >= 4 is 33.2 Å². The van der Waals surface area contributed by atoms with Gasteiger partial charge in [-0.1, -0.05) is 42.8 Å². The summed E-state index contributed by atoms with van der Waals surface area (Å²) in [4.78, 5) is 12.5. The first kappa shape index (κ1) is 20.3. The molecule has 0 radical (unpaired) electrons. The average Bonchev–Trinajstić information content (AvgIpc) is 2.60. The molecule has 26 heavy (non-hydrogen) atoms. The van der Waals surface area contributed by atoms with E-state index in [4.69, 9.17) is 11.6 Å². The number of nitrogens with zero attached hydrogens (tertiary/aromatic N) is 1. The van der Waals surface area contributed by atoms with Crippen molar-refractivity contribution < 1.29 is 13.2 Å². The topological polar surface area (TPSA) is 66.5 Å². The molecule has 0 aliphatic heterocycles. The molecule has 0 aliphatic rings. The second-order valence-electron chi connectivity index (χ2n) is 6.10. The Labute approximate surface area is 160 Å². The first-order valence-corrected chi connectivity index (χ1v) is 10.6. The molecule has 0 aromatic heterocycles. The minimum Gasteiger partial charge on any atom is -0.350 e. The van der Waals surface area contributed by atoms with Crippen LogP contribution in [0.4, 0.5) is 5.69 Å². The first-order valence-electron chi connectivity index (χ1n) is 8.33. The number of rotatable bonds is 7. The lowest BCUT2D eigenvalue weighted by atomic mass is 10.1. The molecular weight excluding hydrogens is 372 g/mol. The quantitative estimate of drug-likeness (QED) is 0.782. The third-order valence-corrected chi connectivity index (χ3v) is 5.56. The number of carbonyl (C=O) groups is 1. The van der Waals surface area contributed by atoms with Crippen molar-refractivity contribution in [3.05, 3.63) is 64.7 Å². The highest BCUT2D eigenvalue weighted by atomic mass is 35.5. The van der Waals surface area contributed by atoms with Gasteiger partial charge >= 0.3 is 0 Å². The van der Waals surface area contributed by atoms with Crippen LogP contribution in [0.3, 0.4) is 0 Å². The van der Waals surface area contributed by atoms with E-state index >= 15 is 0 Å². The zero-order valence-corrected chi connectivity index (χ0v) is 16.6. The van der Waals surface area contributed by atoms with E-state index in [9.17, 15) is 13.2 Å². The smallest absolute Gasteiger partial charge is 0.243 e. The van der Waals surface area contributed by atoms with Crippen LogP contribution in [0.1, 0.15) is 25.0 Å². The highest BCUT2D eigenvalue weighted by Crippen LogP contribution is 2.22. The minimum absolute atomic E-state index is 0.298. The lowest BCUT2D eigenvalue weighted by Crippen LogP contribution is -2.47. The van der Waals surface area contributed by atoms with E-state index in [0.717, 1.165) is 28.1 Å². The van der Waals surface area contributed by atoms with Gasteiger partial charge in [0.05, 0.1) is 11.9 Å². The third kappa shape index (κ3) is 5.22. The number of aryl methyl sites for hydroxylation is 1. The summed E-state index contributed by atoms with van der Waals surface area (Å²) in [5.41, 5.74) is 2.45. The van der Waals surface area contributed by atoms with E-state index in [0.29, 0.717) is 17.3 Å². The number of carbonyl (C=O) groups excluding carboxylic acids is 1. The van der Waals surface area contributed by atoms with Gasteiger partial charge in [-0.15, -0.1) is 0 Å². The van der Waals surface area contributed by atoms with Crippen LogP contribution < -0.4 is 9.62 Å². The van der Waals surface area contributed by atoms with E-state index in [-0.39, 0.29) is 5.91 Å². The molecule has 0 spiro atoms. The molecule has 1 N–H and O–H groups in total. The Balaban J connectivity index is 2.16. The van der Waals surface area contributed by atoms with Gasteiger partial charge in [0.1, 0.15) is 6.04 Å². The van der Waals surface area contributed by atoms with Crippen LogP contribution in [0.5, 0.6) is 0 Å². The van der Waals surface area contributed by atoms with E-state index in [1.165, 1.54) is 0 Å². The summed E-state index contributed by atoms with van der Waals surface area (Å²) < 4.78 is 25.7. The molecule has 0 fully saturated rings. The number of hydrogen-bond donors (Lipinski definition) is 1. The Morgan fingerprint density at radius 3 is 2.12 bits per heavy atom. The zero-order chi connectivity index (χ0) is 19.3. The van der Waals surface area contributed by atoms with Gasteiger partial charge in [0, 0.05) is 11.6 Å². The second-order valence-corrected chi connectivity index (χ2v) is 8.39. The molecule has 7 heteroatoms. The molecule has 2 rings (SSSR count). The SMILES string of the molecule is CCc1ccc(N(C(C)C(=O)NCc2ccc(Cl)cc2)S(C)(=O)=O)cc1. The van der Waals surface area contributed by atoms with E-state index in [1.54, 1.807) is 31.2 Å². The summed E-state index contributed by atoms with van der Waals surface area (Å²) in [5, 5.41) is 3.39. The van der Waals surface area contributed by atoms with Crippen LogP contribution in [0.25, 0.3) is 0 Å². The Morgan fingerprint density at radius 2 is 1.62 bits per heavy atom. The van der Waals surface area contributed by atoms with E-state index in [2.05, 4.69) is 5.32 Å². The van der Waals surface area contributed by atoms with Gasteiger partial charge in [-0.3, -0.25) is 9.10 Å². The number of nitrogens with one attached hydrogen (secondary N) is 1. The molecule has 0 saturated carbocycles. The molecule has 0 aliphatic carbocycles. The maximum atomic E-state index is 12.5. The predicted molar refractivity (Wildman–Crippen MR) is 106 cm³/mol. The Bertz CT molecular complexity index is 849. The molecule has 0 heterocycles. The monoisotopic (exact) mass is 394 g/mol. The minimum atomic E-state index is -3.62. The first-order chi connectivity index (χ1) is 12.2. The molecule has 2 aromatic rings. The maximum Gasteiger partial charge on any atom is 0.243 e. The molecule has 1 atom stereocenters. The van der Waals surface area contributed by atoms with Crippen molar-refractivity contribution in [2.24, 2.45) is 0 Å².